The molecule has 3 heterocycles. The highest BCUT2D eigenvalue weighted by Gasteiger charge is 2.34. The fourth-order valence-corrected chi connectivity index (χ4v) is 7.19. The van der Waals surface area contributed by atoms with E-state index >= 15 is 0 Å². The van der Waals surface area contributed by atoms with E-state index in [0.29, 0.717) is 59.4 Å². The summed E-state index contributed by atoms with van der Waals surface area (Å²) in [6.45, 7) is 2.43. The monoisotopic (exact) mass is 598 g/mol. The molecule has 11 nitrogen and oxygen atoms in total. The second-order valence-corrected chi connectivity index (χ2v) is 12.7. The number of piperidine rings is 1. The first-order chi connectivity index (χ1) is 18.6. The van der Waals surface area contributed by atoms with Crippen molar-refractivity contribution >= 4 is 56.4 Å². The molecule has 1 aromatic carbocycles. The lowest BCUT2D eigenvalue weighted by Crippen LogP contribution is -2.56. The number of ether oxygens (including phenoxy) is 1. The fourth-order valence-electron chi connectivity index (χ4n) is 4.71. The molecule has 2 atom stereocenters. The molecule has 2 aliphatic rings. The molecule has 0 bridgehead atoms. The third-order valence-electron chi connectivity index (χ3n) is 6.60. The normalized spacial score (nSPS) is 19.2. The Labute approximate surface area is 236 Å². The average molecular weight is 599 g/mol. The second-order valence-electron chi connectivity index (χ2n) is 9.27. The van der Waals surface area contributed by atoms with Crippen molar-refractivity contribution in [2.75, 3.05) is 44.3 Å². The quantitative estimate of drug-likeness (QED) is 0.395. The van der Waals surface area contributed by atoms with Gasteiger partial charge in [0.05, 0.1) is 26.8 Å². The number of aliphatic hydroxyl groups excluding tert-OH is 1. The minimum Gasteiger partial charge on any atom is -0.391 e. The third-order valence-corrected chi connectivity index (χ3v) is 9.38. The van der Waals surface area contributed by atoms with Crippen molar-refractivity contribution in [2.45, 2.75) is 43.2 Å². The zero-order valence-electron chi connectivity index (χ0n) is 21.4. The smallest absolute Gasteiger partial charge is 0.261 e. The summed E-state index contributed by atoms with van der Waals surface area (Å²) in [6.07, 6.45) is 0.715. The van der Waals surface area contributed by atoms with Gasteiger partial charge in [-0.2, -0.15) is 4.72 Å². The van der Waals surface area contributed by atoms with Crippen molar-refractivity contribution < 1.29 is 32.6 Å². The molecule has 2 fully saturated rings. The number of rotatable bonds is 9. The SMILES string of the molecule is CCc1c(N2CCOCC2=O)cccc1S(=O)(=O)N[C@@H](CNC(=O)c1ccc(Cl)s1)C(=O)N1CCC[C@H](O)C1. The molecule has 0 aliphatic carbocycles. The standard InChI is InChI=1S/C25H31ClN4O7S2/c1-2-17-19(30-11-12-37-15-23(30)32)6-3-7-21(17)39(35,36)28-18(25(34)29-10-4-5-16(31)14-29)13-27-24(33)20-8-9-22(26)38-20/h3,6-9,16,18,28,31H,2,4-5,10-15H2,1H3,(H,27,33)/t16-,18-/m0/s1. The van der Waals surface area contributed by atoms with Crippen molar-refractivity contribution in [2.24, 2.45) is 0 Å². The number of benzene rings is 1. The van der Waals surface area contributed by atoms with E-state index in [1.807, 2.05) is 0 Å². The first-order valence-electron chi connectivity index (χ1n) is 12.6. The highest BCUT2D eigenvalue weighted by molar-refractivity contribution is 7.89. The van der Waals surface area contributed by atoms with Crippen LogP contribution >= 0.6 is 22.9 Å². The maximum absolute atomic E-state index is 13.7. The predicted octanol–water partition coefficient (Wildman–Crippen LogP) is 1.39. The third kappa shape index (κ3) is 6.97. The van der Waals surface area contributed by atoms with Gasteiger partial charge >= 0.3 is 0 Å². The summed E-state index contributed by atoms with van der Waals surface area (Å²) in [5.74, 6) is -1.32. The number of halogens is 1. The number of β-amino-alcohol motifs (C(OH)–C–C–N with tert-alkyl or cyclic N) is 1. The molecule has 39 heavy (non-hydrogen) atoms. The topological polar surface area (TPSA) is 145 Å². The minimum atomic E-state index is -4.29. The molecule has 3 N–H and O–H groups in total. The first-order valence-corrected chi connectivity index (χ1v) is 15.3. The van der Waals surface area contributed by atoms with Gasteiger partial charge in [-0.05, 0) is 49.1 Å². The summed E-state index contributed by atoms with van der Waals surface area (Å²) < 4.78 is 35.5. The molecular formula is C25H31ClN4O7S2. The van der Waals surface area contributed by atoms with Crippen molar-refractivity contribution in [1.82, 2.24) is 14.9 Å². The number of anilines is 1. The minimum absolute atomic E-state index is 0.0605. The summed E-state index contributed by atoms with van der Waals surface area (Å²) in [5.41, 5.74) is 0.899. The number of thiophene rings is 1. The van der Waals surface area contributed by atoms with Crippen molar-refractivity contribution in [3.8, 4) is 0 Å². The molecule has 1 aromatic heterocycles. The van der Waals surface area contributed by atoms with Crippen LogP contribution in [0.5, 0.6) is 0 Å². The van der Waals surface area contributed by atoms with Gasteiger partial charge in [0.15, 0.2) is 0 Å². The Balaban J connectivity index is 1.61. The molecule has 212 valence electrons. The summed E-state index contributed by atoms with van der Waals surface area (Å²) in [5, 5.41) is 12.7. The van der Waals surface area contributed by atoms with Crippen LogP contribution in [-0.4, -0.2) is 87.7 Å². The van der Waals surface area contributed by atoms with E-state index in [4.69, 9.17) is 16.3 Å². The van der Waals surface area contributed by atoms with Gasteiger partial charge in [0.2, 0.25) is 15.9 Å². The molecule has 4 rings (SSSR count). The van der Waals surface area contributed by atoms with E-state index in [9.17, 15) is 27.9 Å². The fraction of sp³-hybridized carbons (Fsp3) is 0.480. The van der Waals surface area contributed by atoms with Crippen LogP contribution in [-0.2, 0) is 30.8 Å². The number of nitrogens with one attached hydrogen (secondary N) is 2. The van der Waals surface area contributed by atoms with E-state index in [0.717, 1.165) is 11.3 Å². The van der Waals surface area contributed by atoms with E-state index in [1.165, 1.54) is 21.9 Å². The van der Waals surface area contributed by atoms with Crippen LogP contribution < -0.4 is 14.9 Å². The van der Waals surface area contributed by atoms with Crippen LogP contribution in [0, 0.1) is 0 Å². The molecule has 2 aliphatic heterocycles. The number of hydrogen-bond donors (Lipinski definition) is 3. The summed E-state index contributed by atoms with van der Waals surface area (Å²) in [4.78, 5) is 41.8. The number of nitrogens with zero attached hydrogens (tertiary/aromatic N) is 2. The lowest BCUT2D eigenvalue weighted by atomic mass is 10.1. The Hall–Kier alpha value is -2.55. The van der Waals surface area contributed by atoms with Crippen LogP contribution in [0.15, 0.2) is 35.2 Å². The molecule has 2 saturated heterocycles. The largest absolute Gasteiger partial charge is 0.391 e. The molecule has 0 spiro atoms. The van der Waals surface area contributed by atoms with Gasteiger partial charge in [0, 0.05) is 31.9 Å². The van der Waals surface area contributed by atoms with Crippen LogP contribution in [0.4, 0.5) is 5.69 Å². The summed E-state index contributed by atoms with van der Waals surface area (Å²) >= 11 is 6.98. The van der Waals surface area contributed by atoms with Gasteiger partial charge in [-0.15, -0.1) is 11.3 Å². The summed E-state index contributed by atoms with van der Waals surface area (Å²) in [6, 6.07) is 6.43. The molecule has 3 amide bonds. The Morgan fingerprint density at radius 1 is 1.26 bits per heavy atom. The van der Waals surface area contributed by atoms with Crippen molar-refractivity contribution in [1.29, 1.82) is 0 Å². The number of morpholine rings is 1. The molecule has 14 heteroatoms. The number of aliphatic hydroxyl groups is 1. The van der Waals surface area contributed by atoms with Gasteiger partial charge in [0.25, 0.3) is 11.8 Å². The lowest BCUT2D eigenvalue weighted by Gasteiger charge is -2.33. The van der Waals surface area contributed by atoms with E-state index < -0.39 is 34.0 Å². The Morgan fingerprint density at radius 3 is 2.72 bits per heavy atom. The van der Waals surface area contributed by atoms with Crippen molar-refractivity contribution in [3.05, 3.63) is 45.1 Å². The highest BCUT2D eigenvalue weighted by atomic mass is 35.5. The van der Waals surface area contributed by atoms with Crippen LogP contribution in [0.3, 0.4) is 0 Å². The van der Waals surface area contributed by atoms with Crippen molar-refractivity contribution in [3.63, 3.8) is 0 Å². The molecule has 0 unspecified atom stereocenters. The number of carbonyl (C=O) groups is 3. The van der Waals surface area contributed by atoms with Crippen LogP contribution in [0.25, 0.3) is 0 Å². The van der Waals surface area contributed by atoms with Gasteiger partial charge in [-0.1, -0.05) is 24.6 Å². The van der Waals surface area contributed by atoms with E-state index in [2.05, 4.69) is 10.0 Å². The van der Waals surface area contributed by atoms with Crippen LogP contribution in [0.1, 0.15) is 35.0 Å². The van der Waals surface area contributed by atoms with Gasteiger partial charge < -0.3 is 25.0 Å². The maximum atomic E-state index is 13.7. The number of amides is 3. The van der Waals surface area contributed by atoms with Gasteiger partial charge in [-0.25, -0.2) is 8.42 Å². The maximum Gasteiger partial charge on any atom is 0.261 e. The average Bonchev–Trinajstić information content (AvgIpc) is 3.36. The number of likely N-dealkylation sites (tertiary alicyclic amines) is 1. The Morgan fingerprint density at radius 2 is 2.05 bits per heavy atom. The van der Waals surface area contributed by atoms with E-state index in [1.54, 1.807) is 25.1 Å². The van der Waals surface area contributed by atoms with Gasteiger partial charge in [0.1, 0.15) is 12.6 Å². The summed E-state index contributed by atoms with van der Waals surface area (Å²) in [7, 11) is -4.29. The molecule has 0 radical (unpaired) electrons. The Bertz CT molecular complexity index is 1330. The number of hydrogen-bond acceptors (Lipinski definition) is 8. The second kappa shape index (κ2) is 12.7. The predicted molar refractivity (Wildman–Crippen MR) is 147 cm³/mol. The van der Waals surface area contributed by atoms with E-state index in [-0.39, 0.29) is 30.5 Å². The number of carbonyl (C=O) groups excluding carboxylic acids is 3. The molecule has 2 aromatic rings. The number of sulfonamides is 1. The Kier molecular flexibility index (Phi) is 9.62. The van der Waals surface area contributed by atoms with Crippen LogP contribution in [0.2, 0.25) is 4.34 Å². The van der Waals surface area contributed by atoms with Gasteiger partial charge in [-0.3, -0.25) is 14.4 Å². The lowest BCUT2D eigenvalue weighted by molar-refractivity contribution is -0.135. The highest BCUT2D eigenvalue weighted by Crippen LogP contribution is 2.29. The zero-order chi connectivity index (χ0) is 28.2. The molecular weight excluding hydrogens is 568 g/mol. The first kappa shape index (κ1) is 29.4. The zero-order valence-corrected chi connectivity index (χ0v) is 23.8. The molecule has 0 saturated carbocycles.